The zero-order valence-corrected chi connectivity index (χ0v) is 11.9. The topological polar surface area (TPSA) is 52.9 Å². The molecular formula is C16H22N2O. The number of hydrogen-bond donors (Lipinski definition) is 1. The second-order valence-corrected chi connectivity index (χ2v) is 5.14. The van der Waals surface area contributed by atoms with E-state index in [0.717, 1.165) is 18.4 Å². The number of nitrogens with zero attached hydrogens (tertiary/aromatic N) is 1. The Labute approximate surface area is 115 Å². The van der Waals surface area contributed by atoms with E-state index < -0.39 is 5.92 Å². The quantitative estimate of drug-likeness (QED) is 0.852. The van der Waals surface area contributed by atoms with Crippen molar-refractivity contribution in [1.82, 2.24) is 5.32 Å². The lowest BCUT2D eigenvalue weighted by Crippen LogP contribution is -2.32. The second-order valence-electron chi connectivity index (χ2n) is 5.14. The predicted octanol–water partition coefficient (Wildman–Crippen LogP) is 3.05. The van der Waals surface area contributed by atoms with Crippen molar-refractivity contribution in [2.75, 3.05) is 0 Å². The van der Waals surface area contributed by atoms with Crippen LogP contribution in [0.5, 0.6) is 0 Å². The zero-order valence-electron chi connectivity index (χ0n) is 11.9. The number of carbonyl (C=O) groups is 1. The molecular weight excluding hydrogens is 236 g/mol. The Morgan fingerprint density at radius 1 is 1.26 bits per heavy atom. The minimum Gasteiger partial charge on any atom is -0.351 e. The van der Waals surface area contributed by atoms with Crippen LogP contribution in [0.1, 0.15) is 38.3 Å². The van der Waals surface area contributed by atoms with E-state index in [-0.39, 0.29) is 11.8 Å². The van der Waals surface area contributed by atoms with Gasteiger partial charge in [0.25, 0.3) is 0 Å². The lowest BCUT2D eigenvalue weighted by atomic mass is 9.96. The molecule has 0 bridgehead atoms. The Morgan fingerprint density at radius 2 is 1.84 bits per heavy atom. The molecule has 1 N–H and O–H groups in total. The zero-order chi connectivity index (χ0) is 14.3. The van der Waals surface area contributed by atoms with Crippen LogP contribution in [0.3, 0.4) is 0 Å². The minimum atomic E-state index is -0.570. The molecule has 19 heavy (non-hydrogen) atoms. The van der Waals surface area contributed by atoms with Gasteiger partial charge in [0.05, 0.1) is 6.07 Å². The molecule has 3 heteroatoms. The SMILES string of the molecule is CCCc1ccc(CNC(=O)C(C#N)C(C)C)cc1. The van der Waals surface area contributed by atoms with Gasteiger partial charge in [-0.25, -0.2) is 0 Å². The highest BCUT2D eigenvalue weighted by molar-refractivity contribution is 5.81. The number of amides is 1. The van der Waals surface area contributed by atoms with Gasteiger partial charge in [-0.05, 0) is 23.5 Å². The van der Waals surface area contributed by atoms with Crippen molar-refractivity contribution in [3.63, 3.8) is 0 Å². The molecule has 0 fully saturated rings. The molecule has 0 aliphatic carbocycles. The van der Waals surface area contributed by atoms with Gasteiger partial charge in [-0.2, -0.15) is 5.26 Å². The molecule has 1 atom stereocenters. The predicted molar refractivity (Wildman–Crippen MR) is 76.2 cm³/mol. The highest BCUT2D eigenvalue weighted by atomic mass is 16.1. The molecule has 0 aromatic heterocycles. The maximum absolute atomic E-state index is 11.8. The maximum atomic E-state index is 11.8. The molecule has 0 saturated heterocycles. The summed E-state index contributed by atoms with van der Waals surface area (Å²) < 4.78 is 0. The summed E-state index contributed by atoms with van der Waals surface area (Å²) in [7, 11) is 0. The van der Waals surface area contributed by atoms with Crippen molar-refractivity contribution in [1.29, 1.82) is 5.26 Å². The first-order valence-corrected chi connectivity index (χ1v) is 6.83. The summed E-state index contributed by atoms with van der Waals surface area (Å²) in [6.07, 6.45) is 2.21. The maximum Gasteiger partial charge on any atom is 0.237 e. The fraction of sp³-hybridized carbons (Fsp3) is 0.500. The number of nitriles is 1. The molecule has 0 heterocycles. The number of nitrogens with one attached hydrogen (secondary N) is 1. The Morgan fingerprint density at radius 3 is 2.32 bits per heavy atom. The van der Waals surface area contributed by atoms with Crippen LogP contribution in [0.25, 0.3) is 0 Å². The molecule has 0 aliphatic heterocycles. The largest absolute Gasteiger partial charge is 0.351 e. The van der Waals surface area contributed by atoms with Gasteiger partial charge in [-0.1, -0.05) is 51.5 Å². The van der Waals surface area contributed by atoms with Gasteiger partial charge in [-0.15, -0.1) is 0 Å². The van der Waals surface area contributed by atoms with Gasteiger partial charge >= 0.3 is 0 Å². The highest BCUT2D eigenvalue weighted by Gasteiger charge is 2.20. The van der Waals surface area contributed by atoms with Crippen molar-refractivity contribution in [3.8, 4) is 6.07 Å². The Kier molecular flexibility index (Phi) is 6.08. The molecule has 1 unspecified atom stereocenters. The van der Waals surface area contributed by atoms with Gasteiger partial charge in [-0.3, -0.25) is 4.79 Å². The van der Waals surface area contributed by atoms with E-state index in [1.165, 1.54) is 5.56 Å². The molecule has 1 aromatic carbocycles. The highest BCUT2D eigenvalue weighted by Crippen LogP contribution is 2.10. The van der Waals surface area contributed by atoms with Crippen molar-refractivity contribution < 1.29 is 4.79 Å². The Balaban J connectivity index is 2.52. The second kappa shape index (κ2) is 7.58. The Bertz CT molecular complexity index is 443. The average molecular weight is 258 g/mol. The van der Waals surface area contributed by atoms with Gasteiger partial charge in [0.1, 0.15) is 5.92 Å². The van der Waals surface area contributed by atoms with E-state index in [1.54, 1.807) is 0 Å². The van der Waals surface area contributed by atoms with Crippen LogP contribution in [0, 0.1) is 23.2 Å². The number of carbonyl (C=O) groups excluding carboxylic acids is 1. The van der Waals surface area contributed by atoms with Crippen LogP contribution in [0.4, 0.5) is 0 Å². The van der Waals surface area contributed by atoms with Crippen molar-refractivity contribution in [2.45, 2.75) is 40.2 Å². The van der Waals surface area contributed by atoms with E-state index in [0.29, 0.717) is 6.54 Å². The lowest BCUT2D eigenvalue weighted by Gasteiger charge is -2.13. The van der Waals surface area contributed by atoms with Crippen molar-refractivity contribution >= 4 is 5.91 Å². The first-order valence-electron chi connectivity index (χ1n) is 6.83. The van der Waals surface area contributed by atoms with E-state index in [9.17, 15) is 4.79 Å². The summed E-state index contributed by atoms with van der Waals surface area (Å²) in [5, 5.41) is 11.8. The number of benzene rings is 1. The van der Waals surface area contributed by atoms with Crippen LogP contribution in [0.2, 0.25) is 0 Å². The van der Waals surface area contributed by atoms with Gasteiger partial charge < -0.3 is 5.32 Å². The average Bonchev–Trinajstić information content (AvgIpc) is 2.38. The standard InChI is InChI=1S/C16H22N2O/c1-4-5-13-6-8-14(9-7-13)11-18-16(19)15(10-17)12(2)3/h6-9,12,15H,4-5,11H2,1-3H3,(H,18,19). The summed E-state index contributed by atoms with van der Waals surface area (Å²) in [4.78, 5) is 11.8. The van der Waals surface area contributed by atoms with Gasteiger partial charge in [0, 0.05) is 6.54 Å². The summed E-state index contributed by atoms with van der Waals surface area (Å²) in [5.41, 5.74) is 2.38. The van der Waals surface area contributed by atoms with Crippen LogP contribution < -0.4 is 5.32 Å². The molecule has 3 nitrogen and oxygen atoms in total. The monoisotopic (exact) mass is 258 g/mol. The molecule has 0 saturated carbocycles. The van der Waals surface area contributed by atoms with Crippen LogP contribution in [-0.2, 0) is 17.8 Å². The molecule has 0 spiro atoms. The first kappa shape index (κ1) is 15.2. The third kappa shape index (κ3) is 4.75. The van der Waals surface area contributed by atoms with E-state index in [4.69, 9.17) is 5.26 Å². The van der Waals surface area contributed by atoms with Gasteiger partial charge in [0.2, 0.25) is 5.91 Å². The fourth-order valence-corrected chi connectivity index (χ4v) is 1.92. The van der Waals surface area contributed by atoms with E-state index in [2.05, 4.69) is 30.4 Å². The fourth-order valence-electron chi connectivity index (χ4n) is 1.92. The molecule has 0 aliphatic rings. The van der Waals surface area contributed by atoms with Gasteiger partial charge in [0.15, 0.2) is 0 Å². The van der Waals surface area contributed by atoms with Crippen molar-refractivity contribution in [2.24, 2.45) is 11.8 Å². The molecule has 102 valence electrons. The van der Waals surface area contributed by atoms with E-state index in [1.807, 2.05) is 26.0 Å². The summed E-state index contributed by atoms with van der Waals surface area (Å²) in [5.74, 6) is -0.716. The first-order chi connectivity index (χ1) is 9.08. The normalized spacial score (nSPS) is 11.9. The summed E-state index contributed by atoms with van der Waals surface area (Å²) in [6, 6.07) is 10.3. The van der Waals surface area contributed by atoms with Crippen molar-refractivity contribution in [3.05, 3.63) is 35.4 Å². The van der Waals surface area contributed by atoms with Crippen LogP contribution >= 0.6 is 0 Å². The van der Waals surface area contributed by atoms with E-state index >= 15 is 0 Å². The van der Waals surface area contributed by atoms with Crippen LogP contribution in [0.15, 0.2) is 24.3 Å². The smallest absolute Gasteiger partial charge is 0.237 e. The minimum absolute atomic E-state index is 0.0388. The Hall–Kier alpha value is -1.82. The molecule has 1 aromatic rings. The third-order valence-electron chi connectivity index (χ3n) is 3.12. The number of aryl methyl sites for hydroxylation is 1. The molecule has 0 radical (unpaired) electrons. The lowest BCUT2D eigenvalue weighted by molar-refractivity contribution is -0.124. The molecule has 1 rings (SSSR count). The number of hydrogen-bond acceptors (Lipinski definition) is 2. The summed E-state index contributed by atoms with van der Waals surface area (Å²) >= 11 is 0. The molecule has 1 amide bonds. The summed E-state index contributed by atoms with van der Waals surface area (Å²) in [6.45, 7) is 6.40. The number of rotatable bonds is 6. The third-order valence-corrected chi connectivity index (χ3v) is 3.12. The van der Waals surface area contributed by atoms with Crippen LogP contribution in [-0.4, -0.2) is 5.91 Å².